The van der Waals surface area contributed by atoms with Crippen molar-refractivity contribution in [3.8, 4) is 22.3 Å². The van der Waals surface area contributed by atoms with Gasteiger partial charge in [0.2, 0.25) is 0 Å². The number of nitrogens with zero attached hydrogens (tertiary/aromatic N) is 4. The van der Waals surface area contributed by atoms with E-state index in [2.05, 4.69) is 270 Å². The highest BCUT2D eigenvalue weighted by molar-refractivity contribution is 6.13. The summed E-state index contributed by atoms with van der Waals surface area (Å²) in [7, 11) is 8.64. The lowest BCUT2D eigenvalue weighted by Crippen LogP contribution is -2.19. The van der Waals surface area contributed by atoms with Gasteiger partial charge in [-0.05, 0) is 175 Å². The summed E-state index contributed by atoms with van der Waals surface area (Å²) in [6, 6.07) is 75.2. The van der Waals surface area contributed by atoms with Gasteiger partial charge in [-0.1, -0.05) is 162 Å². The standard InChI is InChI=1S/C40H40N2.C26H20N2.C12H18O2/c1-25-9-17-35-31(21-25)32-22-26(10-18-36(32)41(35)7)27-11-19-37-33(23-27)34-24-30(16-20-38(34)42(37)8)40(5,6)29-14-12-28(13-15-29)39(2,3)4;1-27-23-9-5-3-7-19(23)21-15-17(11-13-25(21)27)18-12-14-26-22(16-18)20-8-4-6-10-24(20)28(26)2;1-11(2,13)9-5-7-10(8-6-9)12(3,4)14/h9-24H,1-8H3;3-16H,1-2H3;5-8,13-14H,1-4H3. The second-order valence-electron chi connectivity index (χ2n) is 26.1. The largest absolute Gasteiger partial charge is 0.386 e. The highest BCUT2D eigenvalue weighted by atomic mass is 16.3. The number of benzene rings is 10. The number of aliphatic hydroxyl groups is 2. The highest BCUT2D eigenvalue weighted by Crippen LogP contribution is 2.41. The number of rotatable bonds is 6. The molecule has 0 unspecified atom stereocenters. The van der Waals surface area contributed by atoms with E-state index in [1.165, 1.54) is 132 Å². The third-order valence-electron chi connectivity index (χ3n) is 18.2. The van der Waals surface area contributed by atoms with Crippen LogP contribution < -0.4 is 0 Å². The highest BCUT2D eigenvalue weighted by Gasteiger charge is 2.26. The summed E-state index contributed by atoms with van der Waals surface area (Å²) < 4.78 is 9.20. The van der Waals surface area contributed by atoms with Crippen LogP contribution >= 0.6 is 0 Å². The zero-order valence-corrected chi connectivity index (χ0v) is 51.3. The molecule has 0 aliphatic heterocycles. The Morgan fingerprint density at radius 1 is 0.262 bits per heavy atom. The van der Waals surface area contributed by atoms with Crippen LogP contribution in [0, 0.1) is 6.92 Å². The quantitative estimate of drug-likeness (QED) is 0.174. The average Bonchev–Trinajstić information content (AvgIpc) is 2.48. The average molecular weight is 1100 g/mol. The van der Waals surface area contributed by atoms with E-state index in [9.17, 15) is 10.2 Å². The number of aromatic nitrogens is 4. The van der Waals surface area contributed by atoms with Crippen LogP contribution in [0.25, 0.3) is 109 Å². The van der Waals surface area contributed by atoms with Gasteiger partial charge in [-0.25, -0.2) is 0 Å². The van der Waals surface area contributed by atoms with Crippen molar-refractivity contribution in [2.24, 2.45) is 28.2 Å². The lowest BCUT2D eigenvalue weighted by molar-refractivity contribution is 0.0744. The molecule has 0 aliphatic carbocycles. The molecular weight excluding hydrogens is 1020 g/mol. The molecule has 0 atom stereocenters. The normalized spacial score (nSPS) is 12.5. The Hall–Kier alpha value is -8.68. The summed E-state index contributed by atoms with van der Waals surface area (Å²) in [5.41, 5.74) is 20.7. The Morgan fingerprint density at radius 2 is 0.536 bits per heavy atom. The third-order valence-corrected chi connectivity index (χ3v) is 18.2. The molecule has 0 aliphatic rings. The minimum atomic E-state index is -0.821. The summed E-state index contributed by atoms with van der Waals surface area (Å²) in [6.07, 6.45) is 0. The second kappa shape index (κ2) is 20.6. The molecule has 4 heterocycles. The van der Waals surface area contributed by atoms with E-state index in [4.69, 9.17) is 0 Å². The van der Waals surface area contributed by atoms with Crippen LogP contribution in [0.5, 0.6) is 0 Å². The predicted molar refractivity (Wildman–Crippen MR) is 359 cm³/mol. The maximum atomic E-state index is 9.72. The predicted octanol–water partition coefficient (Wildman–Crippen LogP) is 19.4. The molecule has 0 saturated carbocycles. The first-order valence-corrected chi connectivity index (χ1v) is 29.5. The van der Waals surface area contributed by atoms with Crippen molar-refractivity contribution in [3.05, 3.63) is 240 Å². The van der Waals surface area contributed by atoms with Gasteiger partial charge in [0.25, 0.3) is 0 Å². The minimum Gasteiger partial charge on any atom is -0.386 e. The van der Waals surface area contributed by atoms with Crippen molar-refractivity contribution in [1.29, 1.82) is 0 Å². The van der Waals surface area contributed by atoms with Gasteiger partial charge in [-0.3, -0.25) is 0 Å². The maximum absolute atomic E-state index is 9.72. The number of para-hydroxylation sites is 2. The van der Waals surface area contributed by atoms with Crippen molar-refractivity contribution in [2.75, 3.05) is 0 Å². The van der Waals surface area contributed by atoms with E-state index in [1.807, 2.05) is 24.3 Å². The SMILES string of the molecule is CC(C)(O)c1ccc(C(C)(C)O)cc1.Cc1ccc2c(c1)c1cc(-c3ccc4c(c3)c3cc(C(C)(C)c5ccc(C(C)(C)C)cc5)ccc3n4C)ccc1n2C.Cn1c2ccccc2c2cc(-c3ccc4c(c3)c3ccccc3n4C)ccc21. The minimum absolute atomic E-state index is 0.109. The molecule has 84 heavy (non-hydrogen) atoms. The van der Waals surface area contributed by atoms with Crippen LogP contribution in [0.15, 0.2) is 206 Å². The summed E-state index contributed by atoms with van der Waals surface area (Å²) in [5.74, 6) is 0. The number of hydrogen-bond acceptors (Lipinski definition) is 2. The molecule has 0 spiro atoms. The first-order chi connectivity index (χ1) is 39.9. The van der Waals surface area contributed by atoms with Crippen LogP contribution in [0.4, 0.5) is 0 Å². The fourth-order valence-corrected chi connectivity index (χ4v) is 12.8. The van der Waals surface area contributed by atoms with Crippen molar-refractivity contribution in [3.63, 3.8) is 0 Å². The van der Waals surface area contributed by atoms with Crippen LogP contribution in [0.2, 0.25) is 0 Å². The third kappa shape index (κ3) is 9.85. The first-order valence-electron chi connectivity index (χ1n) is 29.5. The Labute approximate surface area is 494 Å². The Morgan fingerprint density at radius 3 is 0.905 bits per heavy atom. The molecule has 6 nitrogen and oxygen atoms in total. The molecular formula is C78H78N4O2. The summed E-state index contributed by atoms with van der Waals surface area (Å²) >= 11 is 0. The van der Waals surface area contributed by atoms with Crippen LogP contribution in [-0.2, 0) is 50.2 Å². The number of hydrogen-bond donors (Lipinski definition) is 2. The van der Waals surface area contributed by atoms with Crippen molar-refractivity contribution in [1.82, 2.24) is 18.3 Å². The molecule has 422 valence electrons. The van der Waals surface area contributed by atoms with Gasteiger partial charge in [-0.15, -0.1) is 0 Å². The van der Waals surface area contributed by atoms with Gasteiger partial charge >= 0.3 is 0 Å². The number of aryl methyl sites for hydroxylation is 5. The Kier molecular flexibility index (Phi) is 13.7. The van der Waals surface area contributed by atoms with Gasteiger partial charge in [-0.2, -0.15) is 0 Å². The summed E-state index contributed by atoms with van der Waals surface area (Å²) in [4.78, 5) is 0. The van der Waals surface area contributed by atoms with Crippen molar-refractivity contribution >= 4 is 87.2 Å². The van der Waals surface area contributed by atoms with E-state index >= 15 is 0 Å². The molecule has 6 heteroatoms. The topological polar surface area (TPSA) is 60.2 Å². The smallest absolute Gasteiger partial charge is 0.0840 e. The molecule has 0 saturated heterocycles. The first kappa shape index (κ1) is 55.8. The van der Waals surface area contributed by atoms with Crippen LogP contribution in [0.1, 0.15) is 95.7 Å². The maximum Gasteiger partial charge on any atom is 0.0840 e. The molecule has 14 rings (SSSR count). The van der Waals surface area contributed by atoms with Gasteiger partial charge in [0.15, 0.2) is 0 Å². The molecule has 0 amide bonds. The van der Waals surface area contributed by atoms with Crippen LogP contribution in [-0.4, -0.2) is 28.5 Å². The zero-order valence-electron chi connectivity index (χ0n) is 51.3. The fraction of sp³-hybridized carbons (Fsp3) is 0.231. The van der Waals surface area contributed by atoms with E-state index < -0.39 is 11.2 Å². The Balaban J connectivity index is 0.000000141. The van der Waals surface area contributed by atoms with Gasteiger partial charge < -0.3 is 28.5 Å². The van der Waals surface area contributed by atoms with Gasteiger partial charge in [0.1, 0.15) is 0 Å². The monoisotopic (exact) mass is 1100 g/mol. The molecule has 4 aromatic heterocycles. The van der Waals surface area contributed by atoms with Crippen molar-refractivity contribution < 1.29 is 10.2 Å². The van der Waals surface area contributed by atoms with Gasteiger partial charge in [0.05, 0.1) is 11.2 Å². The fourth-order valence-electron chi connectivity index (χ4n) is 12.8. The lowest BCUT2D eigenvalue weighted by Gasteiger charge is -2.28. The molecule has 14 aromatic rings. The molecule has 10 aromatic carbocycles. The van der Waals surface area contributed by atoms with E-state index in [0.29, 0.717) is 0 Å². The molecule has 2 N–H and O–H groups in total. The van der Waals surface area contributed by atoms with E-state index in [1.54, 1.807) is 27.7 Å². The number of fused-ring (bicyclic) bond motifs is 12. The lowest BCUT2D eigenvalue weighted by atomic mass is 9.76. The second-order valence-corrected chi connectivity index (χ2v) is 26.1. The molecule has 0 fully saturated rings. The zero-order chi connectivity index (χ0) is 59.4. The van der Waals surface area contributed by atoms with Crippen molar-refractivity contribution in [2.45, 2.75) is 91.3 Å². The summed E-state index contributed by atoms with van der Waals surface area (Å²) in [6.45, 7) is 20.7. The summed E-state index contributed by atoms with van der Waals surface area (Å²) in [5, 5.41) is 29.9. The van der Waals surface area contributed by atoms with E-state index in [0.717, 1.165) is 11.1 Å². The molecule has 0 radical (unpaired) electrons. The van der Waals surface area contributed by atoms with Crippen LogP contribution in [0.3, 0.4) is 0 Å². The van der Waals surface area contributed by atoms with Gasteiger partial charge in [0, 0.05) is 121 Å². The Bertz CT molecular complexity index is 4690. The van der Waals surface area contributed by atoms with E-state index in [-0.39, 0.29) is 10.8 Å². The molecule has 0 bridgehead atoms.